The van der Waals surface area contributed by atoms with Crippen LogP contribution in [0.2, 0.25) is 0 Å². The van der Waals surface area contributed by atoms with Gasteiger partial charge in [-0.2, -0.15) is 0 Å². The van der Waals surface area contributed by atoms with Gasteiger partial charge in [-0.15, -0.1) is 0 Å². The molecule has 0 radical (unpaired) electrons. The second kappa shape index (κ2) is 5.57. The maximum absolute atomic E-state index is 11.7. The Balaban J connectivity index is 2.39. The van der Waals surface area contributed by atoms with Gasteiger partial charge in [0.1, 0.15) is 5.76 Å². The summed E-state index contributed by atoms with van der Waals surface area (Å²) in [6, 6.07) is 3.59. The Bertz CT molecular complexity index is 374. The lowest BCUT2D eigenvalue weighted by Gasteiger charge is -2.24. The highest BCUT2D eigenvalue weighted by Crippen LogP contribution is 2.18. The number of amides is 1. The fourth-order valence-corrected chi connectivity index (χ4v) is 1.68. The van der Waals surface area contributed by atoms with Crippen LogP contribution in [0.15, 0.2) is 22.8 Å². The highest BCUT2D eigenvalue weighted by molar-refractivity contribution is 5.76. The molecule has 1 rings (SSSR count). The van der Waals surface area contributed by atoms with E-state index >= 15 is 0 Å². The summed E-state index contributed by atoms with van der Waals surface area (Å²) in [4.78, 5) is 11.7. The van der Waals surface area contributed by atoms with Crippen LogP contribution >= 0.6 is 0 Å². The Morgan fingerprint density at radius 3 is 2.56 bits per heavy atom. The van der Waals surface area contributed by atoms with Gasteiger partial charge in [0.05, 0.1) is 11.9 Å². The fourth-order valence-electron chi connectivity index (χ4n) is 1.68. The molecule has 0 fully saturated rings. The number of furan rings is 1. The number of nitrogens with one attached hydrogen (secondary N) is 1. The molecule has 4 nitrogen and oxygen atoms in total. The molecule has 0 spiro atoms. The maximum Gasteiger partial charge on any atom is 0.220 e. The monoisotopic (exact) mass is 253 g/mol. The molecule has 1 amide bonds. The highest BCUT2D eigenvalue weighted by Gasteiger charge is 2.24. The molecular formula is C14H23NO3. The molecule has 0 aliphatic carbocycles. The van der Waals surface area contributed by atoms with Gasteiger partial charge in [0.2, 0.25) is 5.91 Å². The smallest absolute Gasteiger partial charge is 0.220 e. The van der Waals surface area contributed by atoms with E-state index in [0.29, 0.717) is 18.6 Å². The van der Waals surface area contributed by atoms with Crippen molar-refractivity contribution in [3.05, 3.63) is 24.2 Å². The lowest BCUT2D eigenvalue weighted by Crippen LogP contribution is -2.42. The first kappa shape index (κ1) is 14.8. The van der Waals surface area contributed by atoms with Crippen molar-refractivity contribution >= 4 is 5.91 Å². The van der Waals surface area contributed by atoms with E-state index in [1.54, 1.807) is 19.3 Å². The first-order valence-corrected chi connectivity index (χ1v) is 6.19. The molecule has 18 heavy (non-hydrogen) atoms. The Labute approximate surface area is 108 Å². The SMILES string of the molecule is CC(C)(C)CC(=O)NCC(C)(O)Cc1ccco1. The van der Waals surface area contributed by atoms with Crippen LogP contribution in [0.1, 0.15) is 39.9 Å². The van der Waals surface area contributed by atoms with Crippen LogP contribution in [-0.4, -0.2) is 23.2 Å². The Morgan fingerprint density at radius 1 is 1.39 bits per heavy atom. The summed E-state index contributed by atoms with van der Waals surface area (Å²) in [6.45, 7) is 7.93. The highest BCUT2D eigenvalue weighted by atomic mass is 16.3. The summed E-state index contributed by atoms with van der Waals surface area (Å²) in [5.41, 5.74) is -1.04. The van der Waals surface area contributed by atoms with Gasteiger partial charge < -0.3 is 14.8 Å². The van der Waals surface area contributed by atoms with Crippen LogP contribution in [0.4, 0.5) is 0 Å². The summed E-state index contributed by atoms with van der Waals surface area (Å²) < 4.78 is 5.18. The van der Waals surface area contributed by atoms with Gasteiger partial charge in [-0.3, -0.25) is 4.79 Å². The number of aliphatic hydroxyl groups is 1. The van der Waals surface area contributed by atoms with Crippen molar-refractivity contribution in [3.8, 4) is 0 Å². The van der Waals surface area contributed by atoms with Gasteiger partial charge in [-0.25, -0.2) is 0 Å². The largest absolute Gasteiger partial charge is 0.469 e. The average Bonchev–Trinajstić information content (AvgIpc) is 2.64. The van der Waals surface area contributed by atoms with Crippen molar-refractivity contribution in [1.29, 1.82) is 0 Å². The molecule has 1 unspecified atom stereocenters. The van der Waals surface area contributed by atoms with Crippen molar-refractivity contribution < 1.29 is 14.3 Å². The molecule has 0 saturated heterocycles. The first-order valence-electron chi connectivity index (χ1n) is 6.19. The van der Waals surface area contributed by atoms with E-state index in [0.717, 1.165) is 0 Å². The third-order valence-electron chi connectivity index (χ3n) is 2.49. The van der Waals surface area contributed by atoms with E-state index in [2.05, 4.69) is 5.32 Å². The van der Waals surface area contributed by atoms with E-state index in [9.17, 15) is 9.90 Å². The van der Waals surface area contributed by atoms with Gasteiger partial charge in [0.15, 0.2) is 0 Å². The minimum absolute atomic E-state index is 0.0396. The summed E-state index contributed by atoms with van der Waals surface area (Å²) >= 11 is 0. The number of hydrogen-bond acceptors (Lipinski definition) is 3. The summed E-state index contributed by atoms with van der Waals surface area (Å²) in [5, 5.41) is 12.9. The Morgan fingerprint density at radius 2 is 2.06 bits per heavy atom. The zero-order valence-corrected chi connectivity index (χ0v) is 11.6. The first-order chi connectivity index (χ1) is 8.18. The number of carbonyl (C=O) groups excluding carboxylic acids is 1. The molecule has 1 aromatic heterocycles. The second-order valence-corrected chi connectivity index (χ2v) is 6.27. The summed E-state index contributed by atoms with van der Waals surface area (Å²) in [6.07, 6.45) is 2.41. The molecule has 1 heterocycles. The molecule has 1 aromatic rings. The van der Waals surface area contributed by atoms with Crippen LogP contribution < -0.4 is 5.32 Å². The lowest BCUT2D eigenvalue weighted by atomic mass is 9.91. The maximum atomic E-state index is 11.7. The van der Waals surface area contributed by atoms with Crippen molar-refractivity contribution in [2.45, 2.75) is 46.1 Å². The van der Waals surface area contributed by atoms with Crippen LogP contribution in [-0.2, 0) is 11.2 Å². The van der Waals surface area contributed by atoms with Gasteiger partial charge in [-0.1, -0.05) is 20.8 Å². The van der Waals surface area contributed by atoms with Crippen LogP contribution in [0.5, 0.6) is 0 Å². The second-order valence-electron chi connectivity index (χ2n) is 6.27. The molecule has 102 valence electrons. The van der Waals surface area contributed by atoms with E-state index in [1.807, 2.05) is 26.8 Å². The molecule has 1 atom stereocenters. The van der Waals surface area contributed by atoms with Crippen molar-refractivity contribution in [2.75, 3.05) is 6.54 Å². The van der Waals surface area contributed by atoms with Crippen molar-refractivity contribution in [1.82, 2.24) is 5.32 Å². The average molecular weight is 253 g/mol. The predicted octanol–water partition coefficient (Wildman–Crippen LogP) is 2.13. The topological polar surface area (TPSA) is 62.5 Å². The molecule has 0 bridgehead atoms. The van der Waals surface area contributed by atoms with Crippen molar-refractivity contribution in [3.63, 3.8) is 0 Å². The van der Waals surface area contributed by atoms with Crippen LogP contribution in [0.25, 0.3) is 0 Å². The van der Waals surface area contributed by atoms with E-state index in [1.165, 1.54) is 0 Å². The molecule has 0 aromatic carbocycles. The van der Waals surface area contributed by atoms with E-state index in [-0.39, 0.29) is 17.9 Å². The predicted molar refractivity (Wildman–Crippen MR) is 70.1 cm³/mol. The quantitative estimate of drug-likeness (QED) is 0.845. The van der Waals surface area contributed by atoms with Crippen LogP contribution in [0, 0.1) is 5.41 Å². The molecule has 0 saturated carbocycles. The minimum atomic E-state index is -0.995. The summed E-state index contributed by atoms with van der Waals surface area (Å²) in [7, 11) is 0. The fraction of sp³-hybridized carbons (Fsp3) is 0.643. The third-order valence-corrected chi connectivity index (χ3v) is 2.49. The molecule has 0 aliphatic rings. The third kappa shape index (κ3) is 5.87. The Kier molecular flexibility index (Phi) is 4.57. The normalized spacial score (nSPS) is 15.2. The molecule has 0 aliphatic heterocycles. The zero-order chi connectivity index (χ0) is 13.8. The Hall–Kier alpha value is -1.29. The number of rotatable bonds is 5. The lowest BCUT2D eigenvalue weighted by molar-refractivity contribution is -0.124. The number of hydrogen-bond donors (Lipinski definition) is 2. The van der Waals surface area contributed by atoms with Gasteiger partial charge in [-0.05, 0) is 24.5 Å². The van der Waals surface area contributed by atoms with Gasteiger partial charge >= 0.3 is 0 Å². The number of carbonyl (C=O) groups is 1. The van der Waals surface area contributed by atoms with E-state index < -0.39 is 5.60 Å². The standard InChI is InChI=1S/C14H23NO3/c1-13(2,3)9-12(16)15-10-14(4,17)8-11-6-5-7-18-11/h5-7,17H,8-10H2,1-4H3,(H,15,16). The summed E-state index contributed by atoms with van der Waals surface area (Å²) in [5.74, 6) is 0.673. The van der Waals surface area contributed by atoms with Gasteiger partial charge in [0.25, 0.3) is 0 Å². The van der Waals surface area contributed by atoms with Crippen LogP contribution in [0.3, 0.4) is 0 Å². The molecule has 2 N–H and O–H groups in total. The molecular weight excluding hydrogens is 230 g/mol. The van der Waals surface area contributed by atoms with E-state index in [4.69, 9.17) is 4.42 Å². The minimum Gasteiger partial charge on any atom is -0.469 e. The van der Waals surface area contributed by atoms with Crippen molar-refractivity contribution in [2.24, 2.45) is 5.41 Å². The van der Waals surface area contributed by atoms with Gasteiger partial charge in [0, 0.05) is 19.4 Å². The zero-order valence-electron chi connectivity index (χ0n) is 11.6. The molecule has 4 heteroatoms.